The molecule has 7 rings (SSSR count). The maximum Gasteiger partial charge on any atom is 2.00 e. The predicted molar refractivity (Wildman–Crippen MR) is 185 cm³/mol. The molecule has 0 spiro atoms. The van der Waals surface area contributed by atoms with E-state index in [0.717, 1.165) is 55.7 Å². The zero-order valence-electron chi connectivity index (χ0n) is 28.0. The van der Waals surface area contributed by atoms with Crippen molar-refractivity contribution in [3.05, 3.63) is 124 Å². The minimum absolute atomic E-state index is 0. The van der Waals surface area contributed by atoms with Crippen LogP contribution in [-0.4, -0.2) is 24.6 Å². The standard InChI is InChI=1S/C40H37N5O.Pt/c1-23(2)28-16-17-35(41-22-28)46-30-13-11-12-29(20-30)40(7,8)33-21-32-37(42-27(33)6)31-14-9-10-15-34(31)45-38(32)43-44-39(45)36-25(4)18-24(3)19-26(36)5;/h9-19,22-23H,1-8H3;/q-2;+2. The number of pyridine rings is 3. The largest absolute Gasteiger partial charge is 2.00 e. The molecule has 0 saturated heterocycles. The van der Waals surface area contributed by atoms with E-state index in [1.165, 1.54) is 22.3 Å². The average molecular weight is 799 g/mol. The number of hydrogen-bond donors (Lipinski definition) is 0. The average Bonchev–Trinajstić information content (AvgIpc) is 3.46. The van der Waals surface area contributed by atoms with Gasteiger partial charge in [-0.2, -0.15) is 22.8 Å². The van der Waals surface area contributed by atoms with Crippen molar-refractivity contribution in [3.8, 4) is 23.0 Å². The Morgan fingerprint density at radius 3 is 2.30 bits per heavy atom. The third-order valence-electron chi connectivity index (χ3n) is 9.02. The third-order valence-corrected chi connectivity index (χ3v) is 9.02. The molecule has 0 amide bonds. The summed E-state index contributed by atoms with van der Waals surface area (Å²) in [5.74, 6) is 2.39. The molecule has 0 atom stereocenters. The zero-order chi connectivity index (χ0) is 32.3. The first-order valence-corrected chi connectivity index (χ1v) is 15.8. The summed E-state index contributed by atoms with van der Waals surface area (Å²) in [6.07, 6.45) is 1.87. The second kappa shape index (κ2) is 12.3. The summed E-state index contributed by atoms with van der Waals surface area (Å²) in [6, 6.07) is 30.0. The van der Waals surface area contributed by atoms with Gasteiger partial charge in [-0.25, -0.2) is 4.98 Å². The number of aryl methyl sites for hydroxylation is 4. The molecule has 47 heavy (non-hydrogen) atoms. The molecule has 6 nitrogen and oxygen atoms in total. The minimum Gasteiger partial charge on any atom is -0.466 e. The molecular weight excluding hydrogens is 762 g/mol. The quantitative estimate of drug-likeness (QED) is 0.124. The Morgan fingerprint density at radius 2 is 1.60 bits per heavy atom. The van der Waals surface area contributed by atoms with Crippen molar-refractivity contribution in [1.82, 2.24) is 24.6 Å². The molecule has 4 heterocycles. The van der Waals surface area contributed by atoms with Crippen LogP contribution in [0.2, 0.25) is 0 Å². The van der Waals surface area contributed by atoms with Crippen molar-refractivity contribution >= 4 is 27.5 Å². The van der Waals surface area contributed by atoms with Crippen LogP contribution in [-0.2, 0) is 26.5 Å². The van der Waals surface area contributed by atoms with Crippen molar-refractivity contribution < 1.29 is 25.8 Å². The van der Waals surface area contributed by atoms with Crippen molar-refractivity contribution in [2.75, 3.05) is 0 Å². The van der Waals surface area contributed by atoms with Gasteiger partial charge in [0.1, 0.15) is 0 Å². The summed E-state index contributed by atoms with van der Waals surface area (Å²) < 4.78 is 8.32. The van der Waals surface area contributed by atoms with E-state index in [-0.39, 0.29) is 21.1 Å². The number of ether oxygens (including phenoxy) is 1. The van der Waals surface area contributed by atoms with Crippen molar-refractivity contribution in [2.24, 2.45) is 0 Å². The van der Waals surface area contributed by atoms with Crippen molar-refractivity contribution in [1.29, 1.82) is 0 Å². The molecule has 7 heteroatoms. The van der Waals surface area contributed by atoms with Gasteiger partial charge in [0.2, 0.25) is 5.88 Å². The monoisotopic (exact) mass is 798 g/mol. The van der Waals surface area contributed by atoms with Crippen LogP contribution in [0.1, 0.15) is 72.7 Å². The fourth-order valence-electron chi connectivity index (χ4n) is 6.67. The summed E-state index contributed by atoms with van der Waals surface area (Å²) in [5, 5.41) is 11.5. The maximum absolute atomic E-state index is 6.15. The van der Waals surface area contributed by atoms with Gasteiger partial charge in [0.15, 0.2) is 5.82 Å². The maximum atomic E-state index is 6.15. The van der Waals surface area contributed by atoms with Gasteiger partial charge in [0.25, 0.3) is 0 Å². The number of hydrogen-bond acceptors (Lipinski definition) is 5. The first-order valence-electron chi connectivity index (χ1n) is 15.8. The molecule has 0 aliphatic carbocycles. The Bertz CT molecular complexity index is 2260. The van der Waals surface area contributed by atoms with E-state index >= 15 is 0 Å². The Balaban J connectivity index is 0.00000386. The van der Waals surface area contributed by atoms with Crippen molar-refractivity contribution in [3.63, 3.8) is 0 Å². The number of benzene rings is 3. The molecule has 0 N–H and O–H groups in total. The number of aromatic nitrogens is 5. The summed E-state index contributed by atoms with van der Waals surface area (Å²) in [7, 11) is 0. The van der Waals surface area contributed by atoms with E-state index in [1.807, 2.05) is 24.4 Å². The van der Waals surface area contributed by atoms with Gasteiger partial charge in [-0.1, -0.05) is 82.0 Å². The molecule has 0 fully saturated rings. The second-order valence-corrected chi connectivity index (χ2v) is 13.1. The fraction of sp³-hybridized carbons (Fsp3) is 0.250. The van der Waals surface area contributed by atoms with Gasteiger partial charge in [0.05, 0.1) is 5.65 Å². The van der Waals surface area contributed by atoms with Crippen LogP contribution in [0.5, 0.6) is 11.6 Å². The topological polar surface area (TPSA) is 65.2 Å². The van der Waals surface area contributed by atoms with Crippen LogP contribution in [0.25, 0.3) is 38.8 Å². The molecule has 4 aromatic heterocycles. The fourth-order valence-corrected chi connectivity index (χ4v) is 6.67. The van der Waals surface area contributed by atoms with Gasteiger partial charge in [-0.3, -0.25) is 0 Å². The van der Waals surface area contributed by atoms with Crippen molar-refractivity contribution in [2.45, 2.75) is 66.7 Å². The molecule has 0 saturated carbocycles. The molecule has 0 aliphatic rings. The molecule has 0 radical (unpaired) electrons. The predicted octanol–water partition coefficient (Wildman–Crippen LogP) is 9.57. The second-order valence-electron chi connectivity index (χ2n) is 13.1. The number of para-hydroxylation sites is 1. The Hall–Kier alpha value is -4.41. The molecule has 0 bridgehead atoms. The summed E-state index contributed by atoms with van der Waals surface area (Å²) in [6.45, 7) is 17.1. The van der Waals surface area contributed by atoms with Gasteiger partial charge >= 0.3 is 21.1 Å². The SMILES string of the molecule is Cc1cc(C)c(-c2nnc3c4[c-]c(C(C)(C)c5[c-]c(Oc6ccc(C(C)C)cn6)ccc5)c(C)nc4c4ccccc4n23)c(C)c1.[Pt+2]. The summed E-state index contributed by atoms with van der Waals surface area (Å²) in [4.78, 5) is 9.73. The van der Waals surface area contributed by atoms with E-state index in [0.29, 0.717) is 17.5 Å². The van der Waals surface area contributed by atoms with E-state index in [2.05, 4.69) is 125 Å². The van der Waals surface area contributed by atoms with Crippen LogP contribution in [0.4, 0.5) is 0 Å². The van der Waals surface area contributed by atoms with E-state index in [1.54, 1.807) is 0 Å². The Morgan fingerprint density at radius 1 is 0.851 bits per heavy atom. The van der Waals surface area contributed by atoms with E-state index in [4.69, 9.17) is 19.9 Å². The summed E-state index contributed by atoms with van der Waals surface area (Å²) in [5.41, 5.74) is 10.8. The van der Waals surface area contributed by atoms with Gasteiger partial charge in [-0.05, 0) is 71.5 Å². The van der Waals surface area contributed by atoms with Crippen LogP contribution in [0, 0.1) is 39.8 Å². The first-order chi connectivity index (χ1) is 22.0. The molecule has 3 aromatic carbocycles. The number of rotatable bonds is 6. The van der Waals surface area contributed by atoms with Crippen LogP contribution in [0.3, 0.4) is 0 Å². The normalized spacial score (nSPS) is 11.9. The molecular formula is C40H37N5OPt. The molecule has 0 aliphatic heterocycles. The Kier molecular flexibility index (Phi) is 8.52. The smallest absolute Gasteiger partial charge is 0.466 e. The van der Waals surface area contributed by atoms with Crippen LogP contribution >= 0.6 is 0 Å². The third kappa shape index (κ3) is 5.63. The van der Waals surface area contributed by atoms with E-state index < -0.39 is 5.41 Å². The Labute approximate surface area is 290 Å². The minimum atomic E-state index is -0.491. The van der Waals surface area contributed by atoms with Crippen LogP contribution < -0.4 is 4.74 Å². The number of nitrogens with zero attached hydrogens (tertiary/aromatic N) is 5. The molecule has 238 valence electrons. The van der Waals surface area contributed by atoms with Gasteiger partial charge in [-0.15, -0.1) is 28.9 Å². The summed E-state index contributed by atoms with van der Waals surface area (Å²) >= 11 is 0. The van der Waals surface area contributed by atoms with Crippen LogP contribution in [0.15, 0.2) is 72.9 Å². The van der Waals surface area contributed by atoms with E-state index in [9.17, 15) is 0 Å². The van der Waals surface area contributed by atoms with Gasteiger partial charge < -0.3 is 14.1 Å². The number of fused-ring (bicyclic) bond motifs is 6. The first kappa shape index (κ1) is 32.5. The molecule has 0 unspecified atom stereocenters. The zero-order valence-corrected chi connectivity index (χ0v) is 30.2. The molecule has 7 aromatic rings. The van der Waals surface area contributed by atoms with Gasteiger partial charge in [0, 0.05) is 29.1 Å².